The van der Waals surface area contributed by atoms with Gasteiger partial charge >= 0.3 is 0 Å². The van der Waals surface area contributed by atoms with E-state index >= 15 is 0 Å². The summed E-state index contributed by atoms with van der Waals surface area (Å²) in [5, 5.41) is 17.5. The van der Waals surface area contributed by atoms with Crippen molar-refractivity contribution in [3.63, 3.8) is 0 Å². The van der Waals surface area contributed by atoms with Gasteiger partial charge in [0, 0.05) is 57.6 Å². The number of piperazine rings is 1. The van der Waals surface area contributed by atoms with Crippen LogP contribution in [0.4, 0.5) is 11.9 Å². The van der Waals surface area contributed by atoms with Crippen LogP contribution in [0.3, 0.4) is 0 Å². The van der Waals surface area contributed by atoms with E-state index in [0.717, 1.165) is 12.2 Å². The number of fused-ring (bicyclic) bond motifs is 2. The van der Waals surface area contributed by atoms with Crippen molar-refractivity contribution in [1.29, 1.82) is 0 Å². The molecule has 19 nitrogen and oxygen atoms in total. The molecule has 1 fully saturated rings. The van der Waals surface area contributed by atoms with Gasteiger partial charge in [-0.15, -0.1) is 0 Å². The number of hydrogen-bond donors (Lipinski definition) is 4. The zero-order chi connectivity index (χ0) is 40.9. The number of carbonyl (C=O) groups excluding carboxylic acids is 4. The summed E-state index contributed by atoms with van der Waals surface area (Å²) in [4.78, 5) is 67.5. The lowest BCUT2D eigenvalue weighted by atomic mass is 10.1. The molecule has 6 aromatic rings. The van der Waals surface area contributed by atoms with Crippen LogP contribution < -0.4 is 26.4 Å². The predicted molar refractivity (Wildman–Crippen MR) is 216 cm³/mol. The van der Waals surface area contributed by atoms with Gasteiger partial charge < -0.3 is 20.4 Å². The lowest BCUT2D eigenvalue weighted by molar-refractivity contribution is -0.124. The summed E-state index contributed by atoms with van der Waals surface area (Å²) in [6, 6.07) is 10.2. The molecule has 1 saturated heterocycles. The van der Waals surface area contributed by atoms with Crippen molar-refractivity contribution in [3.8, 4) is 5.75 Å². The highest BCUT2D eigenvalue weighted by Crippen LogP contribution is 2.32. The van der Waals surface area contributed by atoms with Gasteiger partial charge in [-0.25, -0.2) is 15.0 Å². The fourth-order valence-corrected chi connectivity index (χ4v) is 6.96. The lowest BCUT2D eigenvalue weighted by Gasteiger charge is -2.26. The lowest BCUT2D eigenvalue weighted by Crippen LogP contribution is -2.47. The SMILES string of the molecule is CCn1nc(C)cc1C(=O)Nc1nc2cccnc2n1C/C=C/Cn1c(NC(=O)c2cc(C)nn2CC)nc2cc(C(N)=O)cc(OCCCN3CCNC(=O)C3)c21. The van der Waals surface area contributed by atoms with Gasteiger partial charge in [-0.05, 0) is 70.5 Å². The first-order valence-corrected chi connectivity index (χ1v) is 19.2. The number of aromatic nitrogens is 9. The van der Waals surface area contributed by atoms with Crippen LogP contribution in [0.15, 0.2) is 54.7 Å². The van der Waals surface area contributed by atoms with Gasteiger partial charge in [0.05, 0.1) is 30.1 Å². The third kappa shape index (κ3) is 8.43. The van der Waals surface area contributed by atoms with Crippen LogP contribution in [0.2, 0.25) is 0 Å². The Kier molecular flexibility index (Phi) is 11.6. The maximum atomic E-state index is 13.7. The second-order valence-corrected chi connectivity index (χ2v) is 13.8. The Bertz CT molecular complexity index is 2540. The van der Waals surface area contributed by atoms with Gasteiger partial charge in [0.25, 0.3) is 11.8 Å². The highest BCUT2D eigenvalue weighted by atomic mass is 16.5. The van der Waals surface area contributed by atoms with Crippen LogP contribution in [0.25, 0.3) is 22.2 Å². The number of anilines is 2. The minimum absolute atomic E-state index is 0.0135. The van der Waals surface area contributed by atoms with Gasteiger partial charge in [-0.1, -0.05) is 12.2 Å². The molecule has 302 valence electrons. The number of rotatable bonds is 16. The van der Waals surface area contributed by atoms with E-state index < -0.39 is 11.8 Å². The molecular weight excluding hydrogens is 745 g/mol. The zero-order valence-corrected chi connectivity index (χ0v) is 32.9. The number of amides is 4. The third-order valence-electron chi connectivity index (χ3n) is 9.65. The Morgan fingerprint density at radius 3 is 2.17 bits per heavy atom. The average molecular weight is 791 g/mol. The molecule has 4 amide bonds. The summed E-state index contributed by atoms with van der Waals surface area (Å²) in [5.41, 5.74) is 10.2. The minimum atomic E-state index is -0.660. The summed E-state index contributed by atoms with van der Waals surface area (Å²) >= 11 is 0. The second kappa shape index (κ2) is 17.1. The van der Waals surface area contributed by atoms with E-state index in [1.807, 2.05) is 45.9 Å². The number of pyridine rings is 1. The van der Waals surface area contributed by atoms with Crippen molar-refractivity contribution in [3.05, 3.63) is 83.1 Å². The number of benzene rings is 1. The monoisotopic (exact) mass is 790 g/mol. The average Bonchev–Trinajstić information content (AvgIpc) is 3.97. The summed E-state index contributed by atoms with van der Waals surface area (Å²) in [6.45, 7) is 11.5. The molecule has 0 unspecified atom stereocenters. The van der Waals surface area contributed by atoms with E-state index in [-0.39, 0.29) is 43.0 Å². The number of carbonyl (C=O) groups is 4. The molecule has 0 spiro atoms. The number of nitrogens with zero attached hydrogens (tertiary/aromatic N) is 10. The van der Waals surface area contributed by atoms with E-state index in [4.69, 9.17) is 15.5 Å². The van der Waals surface area contributed by atoms with Crippen molar-refractivity contribution in [2.45, 2.75) is 60.3 Å². The van der Waals surface area contributed by atoms with E-state index in [9.17, 15) is 19.2 Å². The van der Waals surface area contributed by atoms with Gasteiger partial charge in [-0.3, -0.25) is 48.6 Å². The first-order valence-electron chi connectivity index (χ1n) is 19.2. The molecule has 6 heterocycles. The maximum Gasteiger partial charge on any atom is 0.276 e. The Labute approximate surface area is 333 Å². The van der Waals surface area contributed by atoms with Crippen molar-refractivity contribution < 1.29 is 23.9 Å². The van der Waals surface area contributed by atoms with Crippen LogP contribution in [0.1, 0.15) is 63.0 Å². The first-order chi connectivity index (χ1) is 28.0. The number of imidazole rings is 2. The van der Waals surface area contributed by atoms with Gasteiger partial charge in [0.2, 0.25) is 23.7 Å². The zero-order valence-electron chi connectivity index (χ0n) is 32.9. The summed E-state index contributed by atoms with van der Waals surface area (Å²) < 4.78 is 13.2. The third-order valence-corrected chi connectivity index (χ3v) is 9.65. The molecule has 0 saturated carbocycles. The number of allylic oxidation sites excluding steroid dienone is 2. The Morgan fingerprint density at radius 1 is 0.897 bits per heavy atom. The number of nitrogens with one attached hydrogen (secondary N) is 3. The van der Waals surface area contributed by atoms with E-state index in [1.54, 1.807) is 55.0 Å². The van der Waals surface area contributed by atoms with Crippen LogP contribution in [-0.2, 0) is 31.0 Å². The summed E-state index contributed by atoms with van der Waals surface area (Å²) in [7, 11) is 0. The summed E-state index contributed by atoms with van der Waals surface area (Å²) in [5.74, 6) is -0.558. The smallest absolute Gasteiger partial charge is 0.276 e. The molecule has 1 aliphatic heterocycles. The molecule has 0 radical (unpaired) electrons. The largest absolute Gasteiger partial charge is 0.491 e. The Balaban J connectivity index is 1.20. The molecule has 0 aliphatic carbocycles. The van der Waals surface area contributed by atoms with E-state index in [2.05, 4.69) is 41.0 Å². The molecule has 58 heavy (non-hydrogen) atoms. The van der Waals surface area contributed by atoms with Crippen LogP contribution in [-0.4, -0.2) is 105 Å². The topological polar surface area (TPSA) is 227 Å². The molecule has 0 bridgehead atoms. The first kappa shape index (κ1) is 39.3. The van der Waals surface area contributed by atoms with Crippen LogP contribution in [0, 0.1) is 13.8 Å². The minimum Gasteiger partial charge on any atom is -0.491 e. The van der Waals surface area contributed by atoms with Crippen molar-refractivity contribution in [1.82, 2.24) is 53.9 Å². The molecule has 1 aromatic carbocycles. The Morgan fingerprint density at radius 2 is 1.53 bits per heavy atom. The standard InChI is InChI=1S/C39H46N14O5/c1-5-52-29(19-24(3)47-52)36(56)45-38-44-28-21-26(34(40)55)22-31(58-18-10-14-49-17-13-41-32(54)23-49)33(28)50(38)15-7-8-16-51-35-27(11-9-12-42-35)43-39(51)46-37(57)30-20-25(4)48-53(30)6-2/h7-9,11-12,19-22H,5-6,10,13-18,23H2,1-4H3,(H2,40,55)(H,41,54)(H,43,46,57)(H,44,45,56)/b8-7+. The normalized spacial score (nSPS) is 13.4. The van der Waals surface area contributed by atoms with Gasteiger partial charge in [0.15, 0.2) is 5.65 Å². The molecule has 1 aliphatic rings. The second-order valence-electron chi connectivity index (χ2n) is 13.8. The number of primary amides is 1. The highest BCUT2D eigenvalue weighted by Gasteiger charge is 2.23. The van der Waals surface area contributed by atoms with Crippen LogP contribution in [0.5, 0.6) is 5.75 Å². The molecule has 0 atom stereocenters. The molecule has 19 heteroatoms. The van der Waals surface area contributed by atoms with Crippen molar-refractivity contribution in [2.24, 2.45) is 5.73 Å². The number of nitrogens with two attached hydrogens (primary N) is 1. The quantitative estimate of drug-likeness (QED) is 0.0824. The number of ether oxygens (including phenoxy) is 1. The molecule has 5 N–H and O–H groups in total. The number of hydrogen-bond acceptors (Lipinski definition) is 11. The van der Waals surface area contributed by atoms with Crippen molar-refractivity contribution >= 4 is 57.7 Å². The van der Waals surface area contributed by atoms with E-state index in [1.165, 1.54) is 0 Å². The van der Waals surface area contributed by atoms with Gasteiger partial charge in [0.1, 0.15) is 28.2 Å². The fraction of sp³-hybridized carbons (Fsp3) is 0.359. The molecule has 7 rings (SSSR count). The van der Waals surface area contributed by atoms with Crippen LogP contribution >= 0.6 is 0 Å². The highest BCUT2D eigenvalue weighted by molar-refractivity contribution is 6.04. The molecular formula is C39H46N14O5. The van der Waals surface area contributed by atoms with E-state index in [0.29, 0.717) is 90.1 Å². The predicted octanol–water partition coefficient (Wildman–Crippen LogP) is 2.89. The van der Waals surface area contributed by atoms with Gasteiger partial charge in [-0.2, -0.15) is 10.2 Å². The summed E-state index contributed by atoms with van der Waals surface area (Å²) in [6.07, 6.45) is 6.06. The molecule has 5 aromatic heterocycles. The number of aryl methyl sites for hydroxylation is 4. The van der Waals surface area contributed by atoms with Crippen molar-refractivity contribution in [2.75, 3.05) is 43.4 Å². The fourth-order valence-electron chi connectivity index (χ4n) is 6.96. The maximum absolute atomic E-state index is 13.7. The Hall–Kier alpha value is -6.89.